The number of nitrogens with zero attached hydrogens (tertiary/aromatic N) is 1. The predicted octanol–water partition coefficient (Wildman–Crippen LogP) is 3.83. The number of carbonyl (C=O) groups is 1. The van der Waals surface area contributed by atoms with Gasteiger partial charge in [0.25, 0.3) is 5.91 Å². The number of aryl methyl sites for hydroxylation is 1. The molecule has 0 fully saturated rings. The van der Waals surface area contributed by atoms with E-state index in [-0.39, 0.29) is 5.91 Å². The van der Waals surface area contributed by atoms with Crippen LogP contribution >= 0.6 is 11.6 Å². The summed E-state index contributed by atoms with van der Waals surface area (Å²) in [4.78, 5) is 16.4. The Morgan fingerprint density at radius 3 is 2.81 bits per heavy atom. The van der Waals surface area contributed by atoms with Gasteiger partial charge in [0.15, 0.2) is 0 Å². The molecule has 0 unspecified atom stereocenters. The van der Waals surface area contributed by atoms with E-state index in [2.05, 4.69) is 10.3 Å². The number of carbonyl (C=O) groups excluding carboxylic acids is 1. The molecule has 0 saturated heterocycles. The number of rotatable bonds is 5. The van der Waals surface area contributed by atoms with Crippen LogP contribution in [0.15, 0.2) is 36.4 Å². The SMILES string of the molecule is CCOCc1ccccc1NC(=O)c1cc(C)nc(Cl)c1. The van der Waals surface area contributed by atoms with Crippen molar-refractivity contribution in [2.45, 2.75) is 20.5 Å². The third kappa shape index (κ3) is 4.28. The van der Waals surface area contributed by atoms with E-state index >= 15 is 0 Å². The summed E-state index contributed by atoms with van der Waals surface area (Å²) in [6.07, 6.45) is 0. The Bertz CT molecular complexity index is 624. The molecular weight excluding hydrogens is 288 g/mol. The molecule has 0 saturated carbocycles. The van der Waals surface area contributed by atoms with Crippen LogP contribution in [-0.4, -0.2) is 17.5 Å². The van der Waals surface area contributed by atoms with Crippen LogP contribution in [0.3, 0.4) is 0 Å². The monoisotopic (exact) mass is 304 g/mol. The number of aromatic nitrogens is 1. The average molecular weight is 305 g/mol. The summed E-state index contributed by atoms with van der Waals surface area (Å²) in [5.41, 5.74) is 2.86. The molecule has 110 valence electrons. The van der Waals surface area contributed by atoms with E-state index in [0.717, 1.165) is 11.3 Å². The number of ether oxygens (including phenoxy) is 1. The zero-order chi connectivity index (χ0) is 15.2. The van der Waals surface area contributed by atoms with Crippen molar-refractivity contribution >= 4 is 23.2 Å². The lowest BCUT2D eigenvalue weighted by Crippen LogP contribution is -2.14. The Kier molecular flexibility index (Phi) is 5.31. The van der Waals surface area contributed by atoms with E-state index in [0.29, 0.717) is 29.6 Å². The van der Waals surface area contributed by atoms with Crippen LogP contribution in [-0.2, 0) is 11.3 Å². The molecule has 4 nitrogen and oxygen atoms in total. The van der Waals surface area contributed by atoms with Crippen molar-refractivity contribution in [2.24, 2.45) is 0 Å². The lowest BCUT2D eigenvalue weighted by Gasteiger charge is -2.11. The van der Waals surface area contributed by atoms with Crippen LogP contribution in [0, 0.1) is 6.92 Å². The number of amides is 1. The first-order valence-corrected chi connectivity index (χ1v) is 7.09. The van der Waals surface area contributed by atoms with E-state index in [1.54, 1.807) is 19.1 Å². The fourth-order valence-electron chi connectivity index (χ4n) is 1.93. The molecule has 0 bridgehead atoms. The highest BCUT2D eigenvalue weighted by atomic mass is 35.5. The van der Waals surface area contributed by atoms with Gasteiger partial charge in [0.2, 0.25) is 0 Å². The molecule has 1 amide bonds. The first-order chi connectivity index (χ1) is 10.1. The number of anilines is 1. The van der Waals surface area contributed by atoms with Gasteiger partial charge in [0, 0.05) is 29.1 Å². The van der Waals surface area contributed by atoms with Crippen molar-refractivity contribution in [3.05, 3.63) is 58.4 Å². The van der Waals surface area contributed by atoms with Gasteiger partial charge in [-0.1, -0.05) is 29.8 Å². The maximum absolute atomic E-state index is 12.3. The van der Waals surface area contributed by atoms with Crippen LogP contribution in [0.2, 0.25) is 5.15 Å². The zero-order valence-corrected chi connectivity index (χ0v) is 12.8. The van der Waals surface area contributed by atoms with Gasteiger partial charge in [0.1, 0.15) is 5.15 Å². The molecule has 5 heteroatoms. The number of hydrogen-bond acceptors (Lipinski definition) is 3. The maximum atomic E-state index is 12.3. The second-order valence-corrected chi connectivity index (χ2v) is 4.96. The molecule has 1 aromatic heterocycles. The highest BCUT2D eigenvalue weighted by molar-refractivity contribution is 6.29. The Balaban J connectivity index is 2.19. The summed E-state index contributed by atoms with van der Waals surface area (Å²) < 4.78 is 5.40. The number of pyridine rings is 1. The van der Waals surface area contributed by atoms with E-state index in [9.17, 15) is 4.79 Å². The summed E-state index contributed by atoms with van der Waals surface area (Å²) in [5, 5.41) is 3.19. The van der Waals surface area contributed by atoms with Gasteiger partial charge < -0.3 is 10.1 Å². The van der Waals surface area contributed by atoms with Crippen molar-refractivity contribution in [1.29, 1.82) is 0 Å². The second-order valence-electron chi connectivity index (χ2n) is 4.57. The highest BCUT2D eigenvalue weighted by Gasteiger charge is 2.10. The summed E-state index contributed by atoms with van der Waals surface area (Å²) in [5.74, 6) is -0.216. The van der Waals surface area contributed by atoms with Gasteiger partial charge in [-0.2, -0.15) is 0 Å². The minimum Gasteiger partial charge on any atom is -0.377 e. The molecule has 1 aromatic carbocycles. The first-order valence-electron chi connectivity index (χ1n) is 6.71. The van der Waals surface area contributed by atoms with E-state index in [1.807, 2.05) is 31.2 Å². The Labute approximate surface area is 129 Å². The maximum Gasteiger partial charge on any atom is 0.255 e. The summed E-state index contributed by atoms with van der Waals surface area (Å²) in [7, 11) is 0. The van der Waals surface area contributed by atoms with Crippen molar-refractivity contribution in [2.75, 3.05) is 11.9 Å². The van der Waals surface area contributed by atoms with Gasteiger partial charge in [-0.25, -0.2) is 4.98 Å². The van der Waals surface area contributed by atoms with Crippen LogP contribution in [0.4, 0.5) is 5.69 Å². The molecule has 2 aromatic rings. The molecule has 0 aliphatic heterocycles. The van der Waals surface area contributed by atoms with Crippen molar-refractivity contribution in [1.82, 2.24) is 4.98 Å². The molecule has 1 N–H and O–H groups in total. The van der Waals surface area contributed by atoms with E-state index < -0.39 is 0 Å². The largest absolute Gasteiger partial charge is 0.377 e. The fraction of sp³-hybridized carbons (Fsp3) is 0.250. The molecule has 0 aliphatic carbocycles. The van der Waals surface area contributed by atoms with E-state index in [1.165, 1.54) is 0 Å². The van der Waals surface area contributed by atoms with Crippen LogP contribution < -0.4 is 5.32 Å². The Hall–Kier alpha value is -1.91. The molecular formula is C16H17ClN2O2. The number of benzene rings is 1. The predicted molar refractivity (Wildman–Crippen MR) is 83.7 cm³/mol. The van der Waals surface area contributed by atoms with Crippen LogP contribution in [0.1, 0.15) is 28.5 Å². The quantitative estimate of drug-likeness (QED) is 0.854. The molecule has 21 heavy (non-hydrogen) atoms. The number of halogens is 1. The number of para-hydroxylation sites is 1. The second kappa shape index (κ2) is 7.20. The normalized spacial score (nSPS) is 10.4. The lowest BCUT2D eigenvalue weighted by atomic mass is 10.1. The van der Waals surface area contributed by atoms with Gasteiger partial charge in [-0.15, -0.1) is 0 Å². The van der Waals surface area contributed by atoms with Crippen LogP contribution in [0.5, 0.6) is 0 Å². The Morgan fingerprint density at radius 2 is 2.10 bits per heavy atom. The summed E-state index contributed by atoms with van der Waals surface area (Å²) >= 11 is 5.89. The molecule has 0 spiro atoms. The average Bonchev–Trinajstić information content (AvgIpc) is 2.45. The molecule has 0 atom stereocenters. The third-order valence-electron chi connectivity index (χ3n) is 2.91. The minimum absolute atomic E-state index is 0.216. The van der Waals surface area contributed by atoms with Gasteiger partial charge in [-0.3, -0.25) is 4.79 Å². The zero-order valence-electron chi connectivity index (χ0n) is 12.0. The molecule has 0 radical (unpaired) electrons. The molecule has 2 rings (SSSR count). The van der Waals surface area contributed by atoms with Crippen molar-refractivity contribution < 1.29 is 9.53 Å². The summed E-state index contributed by atoms with van der Waals surface area (Å²) in [6, 6.07) is 10.8. The Morgan fingerprint density at radius 1 is 1.33 bits per heavy atom. The topological polar surface area (TPSA) is 51.2 Å². The standard InChI is InChI=1S/C16H17ClN2O2/c1-3-21-10-12-6-4-5-7-14(12)19-16(20)13-8-11(2)18-15(17)9-13/h4-9H,3,10H2,1-2H3,(H,19,20). The van der Waals surface area contributed by atoms with Gasteiger partial charge in [0.05, 0.1) is 6.61 Å². The fourth-order valence-corrected chi connectivity index (χ4v) is 2.18. The lowest BCUT2D eigenvalue weighted by molar-refractivity contribution is 0.102. The smallest absolute Gasteiger partial charge is 0.255 e. The highest BCUT2D eigenvalue weighted by Crippen LogP contribution is 2.18. The van der Waals surface area contributed by atoms with Crippen molar-refractivity contribution in [3.8, 4) is 0 Å². The summed E-state index contributed by atoms with van der Waals surface area (Å²) in [6.45, 7) is 4.82. The van der Waals surface area contributed by atoms with Crippen molar-refractivity contribution in [3.63, 3.8) is 0 Å². The van der Waals surface area contributed by atoms with Gasteiger partial charge in [-0.05, 0) is 32.0 Å². The third-order valence-corrected chi connectivity index (χ3v) is 3.11. The number of nitrogens with one attached hydrogen (secondary N) is 1. The molecule has 1 heterocycles. The van der Waals surface area contributed by atoms with Gasteiger partial charge >= 0.3 is 0 Å². The van der Waals surface area contributed by atoms with Crippen LogP contribution in [0.25, 0.3) is 0 Å². The molecule has 0 aliphatic rings. The number of hydrogen-bond donors (Lipinski definition) is 1. The van der Waals surface area contributed by atoms with E-state index in [4.69, 9.17) is 16.3 Å². The minimum atomic E-state index is -0.216. The first kappa shape index (κ1) is 15.5.